The number of aromatic amines is 1. The first-order valence-electron chi connectivity index (χ1n) is 11.9. The molecule has 0 spiro atoms. The Bertz CT molecular complexity index is 1540. The van der Waals surface area contributed by atoms with E-state index in [-0.39, 0.29) is 18.3 Å². The Labute approximate surface area is 216 Å². The van der Waals surface area contributed by atoms with Gasteiger partial charge in [0.15, 0.2) is 5.88 Å². The minimum Gasteiger partial charge on any atom is -0.494 e. The molecule has 0 saturated heterocycles. The molecule has 1 amide bonds. The van der Waals surface area contributed by atoms with Crippen molar-refractivity contribution in [2.75, 3.05) is 24.9 Å². The molecule has 0 radical (unpaired) electrons. The van der Waals surface area contributed by atoms with Gasteiger partial charge in [0.25, 0.3) is 0 Å². The third-order valence-electron chi connectivity index (χ3n) is 6.03. The second-order valence-electron chi connectivity index (χ2n) is 9.13. The second kappa shape index (κ2) is 10.5. The molecule has 192 valence electrons. The number of carbonyl (C=O) groups is 1. The van der Waals surface area contributed by atoms with Crippen LogP contribution in [-0.2, 0) is 14.8 Å². The number of aromatic nitrogens is 1. The van der Waals surface area contributed by atoms with Gasteiger partial charge in [0.2, 0.25) is 15.9 Å². The second-order valence-corrected chi connectivity index (χ2v) is 11.5. The van der Waals surface area contributed by atoms with Gasteiger partial charge >= 0.3 is 0 Å². The fraction of sp³-hybridized carbons (Fsp3) is 0.214. The van der Waals surface area contributed by atoms with Gasteiger partial charge in [-0.1, -0.05) is 48.5 Å². The summed E-state index contributed by atoms with van der Waals surface area (Å²) in [4.78, 5) is 21.6. The van der Waals surface area contributed by atoms with Gasteiger partial charge in [-0.05, 0) is 44.2 Å². The van der Waals surface area contributed by atoms with E-state index in [0.29, 0.717) is 22.6 Å². The summed E-state index contributed by atoms with van der Waals surface area (Å²) >= 11 is 0. The fourth-order valence-electron chi connectivity index (χ4n) is 3.90. The quantitative estimate of drug-likeness (QED) is 0.331. The number of hydrogen-bond donors (Lipinski definition) is 2. The molecular formula is C28H30N4O4S. The van der Waals surface area contributed by atoms with E-state index in [1.54, 1.807) is 52.2 Å². The molecule has 0 bridgehead atoms. The monoisotopic (exact) mass is 518 g/mol. The normalized spacial score (nSPS) is 12.2. The van der Waals surface area contributed by atoms with Gasteiger partial charge in [0, 0.05) is 30.6 Å². The summed E-state index contributed by atoms with van der Waals surface area (Å²) in [5, 5.41) is 10.9. The van der Waals surface area contributed by atoms with Gasteiger partial charge < -0.3 is 15.0 Å². The highest BCUT2D eigenvalue weighted by Crippen LogP contribution is 2.32. The number of benzene rings is 3. The highest BCUT2D eigenvalue weighted by Gasteiger charge is 2.28. The van der Waals surface area contributed by atoms with Crippen molar-refractivity contribution in [1.29, 1.82) is 0 Å². The average Bonchev–Trinajstić information content (AvgIpc) is 3.21. The summed E-state index contributed by atoms with van der Waals surface area (Å²) in [5.74, 6) is -0.315. The first-order chi connectivity index (χ1) is 17.6. The molecule has 4 aromatic rings. The molecule has 3 aromatic carbocycles. The minimum atomic E-state index is -3.75. The lowest BCUT2D eigenvalue weighted by Gasteiger charge is -2.27. The number of amides is 1. The highest BCUT2D eigenvalue weighted by atomic mass is 32.2. The fourth-order valence-corrected chi connectivity index (χ4v) is 5.11. The van der Waals surface area contributed by atoms with E-state index in [9.17, 15) is 18.3 Å². The minimum absolute atomic E-state index is 0.0109. The van der Waals surface area contributed by atoms with Crippen molar-refractivity contribution >= 4 is 43.9 Å². The SMILES string of the molecule is CC(C)S(=O)(=O)N(CC(=O)N(C)C)c1ccc(N=C(c2ccccc2)c2c(O)[nH]c3ccccc23)cc1. The third-order valence-corrected chi connectivity index (χ3v) is 8.18. The third kappa shape index (κ3) is 5.36. The molecule has 1 heterocycles. The van der Waals surface area contributed by atoms with Crippen LogP contribution in [0.1, 0.15) is 25.0 Å². The number of aliphatic imine (C=N–C) groups is 1. The lowest BCUT2D eigenvalue weighted by atomic mass is 10.0. The van der Waals surface area contributed by atoms with E-state index < -0.39 is 15.3 Å². The van der Waals surface area contributed by atoms with Crippen LogP contribution in [-0.4, -0.2) is 60.9 Å². The number of fused-ring (bicyclic) bond motifs is 1. The number of nitrogens with one attached hydrogen (secondary N) is 1. The molecule has 1 aromatic heterocycles. The van der Waals surface area contributed by atoms with Gasteiger partial charge in [-0.2, -0.15) is 0 Å². The van der Waals surface area contributed by atoms with Crippen LogP contribution in [0.15, 0.2) is 83.9 Å². The maximum Gasteiger partial charge on any atom is 0.242 e. The largest absolute Gasteiger partial charge is 0.494 e. The molecule has 37 heavy (non-hydrogen) atoms. The van der Waals surface area contributed by atoms with Gasteiger partial charge in [0.05, 0.1) is 27.9 Å². The number of carbonyl (C=O) groups excluding carboxylic acids is 1. The predicted molar refractivity (Wildman–Crippen MR) is 148 cm³/mol. The van der Waals surface area contributed by atoms with E-state index in [2.05, 4.69) is 4.98 Å². The Morgan fingerprint density at radius 3 is 2.19 bits per heavy atom. The maximum atomic E-state index is 13.1. The van der Waals surface area contributed by atoms with Crippen molar-refractivity contribution in [3.05, 3.63) is 90.0 Å². The number of sulfonamides is 1. The molecule has 0 aliphatic carbocycles. The summed E-state index contributed by atoms with van der Waals surface area (Å²) in [6.07, 6.45) is 0. The van der Waals surface area contributed by atoms with Crippen LogP contribution in [0.25, 0.3) is 10.9 Å². The Balaban J connectivity index is 1.80. The Morgan fingerprint density at radius 1 is 0.946 bits per heavy atom. The molecule has 0 saturated carbocycles. The Kier molecular flexibility index (Phi) is 7.35. The van der Waals surface area contributed by atoms with Crippen LogP contribution in [0, 0.1) is 0 Å². The van der Waals surface area contributed by atoms with E-state index in [1.807, 2.05) is 54.6 Å². The average molecular weight is 519 g/mol. The molecule has 9 heteroatoms. The van der Waals surface area contributed by atoms with Crippen molar-refractivity contribution in [1.82, 2.24) is 9.88 Å². The number of likely N-dealkylation sites (N-methyl/N-ethyl adjacent to an activating group) is 1. The molecule has 0 fully saturated rings. The molecule has 0 atom stereocenters. The number of anilines is 1. The number of aromatic hydroxyl groups is 1. The zero-order chi connectivity index (χ0) is 26.7. The molecule has 8 nitrogen and oxygen atoms in total. The van der Waals surface area contributed by atoms with Crippen molar-refractivity contribution < 1.29 is 18.3 Å². The lowest BCUT2D eigenvalue weighted by molar-refractivity contribution is -0.127. The summed E-state index contributed by atoms with van der Waals surface area (Å²) in [6, 6.07) is 23.8. The molecule has 4 rings (SSSR count). The maximum absolute atomic E-state index is 13.1. The summed E-state index contributed by atoms with van der Waals surface area (Å²) in [7, 11) is -0.574. The zero-order valence-corrected chi connectivity index (χ0v) is 22.0. The number of rotatable bonds is 8. The van der Waals surface area contributed by atoms with Gasteiger partial charge in [0.1, 0.15) is 6.54 Å². The van der Waals surface area contributed by atoms with Crippen molar-refractivity contribution in [2.45, 2.75) is 19.1 Å². The smallest absolute Gasteiger partial charge is 0.242 e. The number of nitrogens with zero attached hydrogens (tertiary/aromatic N) is 3. The van der Waals surface area contributed by atoms with E-state index in [4.69, 9.17) is 4.99 Å². The highest BCUT2D eigenvalue weighted by molar-refractivity contribution is 7.93. The summed E-state index contributed by atoms with van der Waals surface area (Å²) < 4.78 is 27.2. The van der Waals surface area contributed by atoms with Crippen LogP contribution in [0.3, 0.4) is 0 Å². The van der Waals surface area contributed by atoms with Crippen molar-refractivity contribution in [3.8, 4) is 5.88 Å². The molecule has 0 aliphatic heterocycles. The van der Waals surface area contributed by atoms with Gasteiger partial charge in [-0.15, -0.1) is 0 Å². The Hall–Kier alpha value is -4.11. The number of hydrogen-bond acceptors (Lipinski definition) is 5. The van der Waals surface area contributed by atoms with Gasteiger partial charge in [-0.25, -0.2) is 13.4 Å². The number of H-pyrrole nitrogens is 1. The molecule has 0 aliphatic rings. The Morgan fingerprint density at radius 2 is 1.57 bits per heavy atom. The van der Waals surface area contributed by atoms with Crippen LogP contribution < -0.4 is 4.31 Å². The summed E-state index contributed by atoms with van der Waals surface area (Å²) in [6.45, 7) is 2.87. The van der Waals surface area contributed by atoms with Gasteiger partial charge in [-0.3, -0.25) is 9.10 Å². The first kappa shape index (κ1) is 26.0. The predicted octanol–water partition coefficient (Wildman–Crippen LogP) is 4.68. The van der Waals surface area contributed by atoms with E-state index in [1.165, 1.54) is 4.90 Å². The summed E-state index contributed by atoms with van der Waals surface area (Å²) in [5.41, 5.74) is 3.68. The molecular weight excluding hydrogens is 488 g/mol. The van der Waals surface area contributed by atoms with Crippen molar-refractivity contribution in [3.63, 3.8) is 0 Å². The topological polar surface area (TPSA) is 106 Å². The molecule has 2 N–H and O–H groups in total. The standard InChI is InChI=1S/C28H30N4O4S/c1-19(2)37(35,36)32(18-25(33)31(3)4)22-16-14-21(15-17-22)29-27(20-10-6-5-7-11-20)26-23-12-8-9-13-24(23)30-28(26)34/h5-17,19,30,34H,18H2,1-4H3. The number of para-hydroxylation sites is 1. The first-order valence-corrected chi connectivity index (χ1v) is 13.4. The lowest BCUT2D eigenvalue weighted by Crippen LogP contribution is -2.43. The zero-order valence-electron chi connectivity index (χ0n) is 21.2. The van der Waals surface area contributed by atoms with Crippen LogP contribution in [0.4, 0.5) is 11.4 Å². The van der Waals surface area contributed by atoms with E-state index >= 15 is 0 Å². The van der Waals surface area contributed by atoms with Crippen LogP contribution in [0.5, 0.6) is 5.88 Å². The molecule has 0 unspecified atom stereocenters. The van der Waals surface area contributed by atoms with E-state index in [0.717, 1.165) is 20.8 Å². The van der Waals surface area contributed by atoms with Crippen LogP contribution in [0.2, 0.25) is 0 Å². The van der Waals surface area contributed by atoms with Crippen molar-refractivity contribution in [2.24, 2.45) is 4.99 Å². The van der Waals surface area contributed by atoms with Crippen LogP contribution >= 0.6 is 0 Å².